The fourth-order valence-corrected chi connectivity index (χ4v) is 2.67. The van der Waals surface area contributed by atoms with Crippen molar-refractivity contribution in [3.05, 3.63) is 57.6 Å². The minimum absolute atomic E-state index is 0.168. The Morgan fingerprint density at radius 3 is 2.46 bits per heavy atom. The predicted octanol–water partition coefficient (Wildman–Crippen LogP) is 4.06. The minimum atomic E-state index is -0.963. The van der Waals surface area contributed by atoms with Crippen LogP contribution in [0.15, 0.2) is 36.4 Å². The smallest absolute Gasteiger partial charge is 0.305 e. The first-order valence-corrected chi connectivity index (χ1v) is 7.89. The first-order chi connectivity index (χ1) is 11.4. The largest absolute Gasteiger partial charge is 0.493 e. The molecule has 0 aliphatic carbocycles. The van der Waals surface area contributed by atoms with Crippen LogP contribution in [0.3, 0.4) is 0 Å². The van der Waals surface area contributed by atoms with E-state index in [-0.39, 0.29) is 13.0 Å². The van der Waals surface area contributed by atoms with E-state index >= 15 is 0 Å². The molecule has 0 radical (unpaired) electrons. The van der Waals surface area contributed by atoms with Crippen molar-refractivity contribution in [3.8, 4) is 11.5 Å². The maximum absolute atomic E-state index is 10.8. The monoisotopic (exact) mass is 369 g/mol. The van der Waals surface area contributed by atoms with Crippen LogP contribution < -0.4 is 15.2 Å². The van der Waals surface area contributed by atoms with Crippen LogP contribution in [0.1, 0.15) is 23.6 Å². The van der Waals surface area contributed by atoms with Gasteiger partial charge >= 0.3 is 5.97 Å². The highest BCUT2D eigenvalue weighted by Crippen LogP contribution is 2.32. The van der Waals surface area contributed by atoms with Crippen LogP contribution in [0.5, 0.6) is 11.5 Å². The molecule has 24 heavy (non-hydrogen) atoms. The number of hydrogen-bond acceptors (Lipinski definition) is 4. The zero-order valence-electron chi connectivity index (χ0n) is 13.0. The number of rotatable bonds is 7. The first-order valence-electron chi connectivity index (χ1n) is 7.13. The van der Waals surface area contributed by atoms with Gasteiger partial charge in [-0.25, -0.2) is 0 Å². The summed E-state index contributed by atoms with van der Waals surface area (Å²) in [7, 11) is 1.50. The number of aliphatic carboxylic acids is 1. The van der Waals surface area contributed by atoms with Crippen LogP contribution in [0.2, 0.25) is 10.0 Å². The van der Waals surface area contributed by atoms with Crippen molar-refractivity contribution in [1.82, 2.24) is 0 Å². The molecular weight excluding hydrogens is 353 g/mol. The van der Waals surface area contributed by atoms with Crippen molar-refractivity contribution >= 4 is 29.2 Å². The standard InChI is InChI=1S/C17H17Cl2NO4/c1-23-16-7-10(14(20)8-17(21)22)5-6-15(16)24-9-11-12(18)3-2-4-13(11)19/h2-7,14H,8-9,20H2,1H3,(H,21,22). The Morgan fingerprint density at radius 1 is 1.21 bits per heavy atom. The van der Waals surface area contributed by atoms with Crippen molar-refractivity contribution in [2.75, 3.05) is 7.11 Å². The second-order valence-electron chi connectivity index (χ2n) is 5.10. The molecular formula is C17H17Cl2NO4. The van der Waals surface area contributed by atoms with Gasteiger partial charge in [-0.2, -0.15) is 0 Å². The number of halogens is 2. The van der Waals surface area contributed by atoms with E-state index in [4.69, 9.17) is 43.5 Å². The normalized spacial score (nSPS) is 11.8. The van der Waals surface area contributed by atoms with Crippen molar-refractivity contribution in [2.45, 2.75) is 19.1 Å². The second-order valence-corrected chi connectivity index (χ2v) is 5.92. The molecule has 0 saturated carbocycles. The molecule has 2 aromatic rings. The highest BCUT2D eigenvalue weighted by atomic mass is 35.5. The molecule has 128 valence electrons. The third-order valence-corrected chi connectivity index (χ3v) is 4.15. The Kier molecular flexibility index (Phi) is 6.31. The van der Waals surface area contributed by atoms with Gasteiger partial charge in [0.05, 0.1) is 13.5 Å². The van der Waals surface area contributed by atoms with E-state index in [0.29, 0.717) is 32.7 Å². The lowest BCUT2D eigenvalue weighted by molar-refractivity contribution is -0.137. The average molecular weight is 370 g/mol. The molecule has 3 N–H and O–H groups in total. The molecule has 0 aliphatic rings. The number of carboxylic acid groups (broad SMARTS) is 1. The van der Waals surface area contributed by atoms with Gasteiger partial charge in [0.25, 0.3) is 0 Å². The van der Waals surface area contributed by atoms with E-state index < -0.39 is 12.0 Å². The summed E-state index contributed by atoms with van der Waals surface area (Å²) in [5, 5.41) is 9.86. The van der Waals surface area contributed by atoms with Crippen LogP contribution in [0, 0.1) is 0 Å². The molecule has 0 fully saturated rings. The number of benzene rings is 2. The van der Waals surface area contributed by atoms with Gasteiger partial charge in [0.1, 0.15) is 6.61 Å². The van der Waals surface area contributed by atoms with Crippen molar-refractivity contribution in [3.63, 3.8) is 0 Å². The summed E-state index contributed by atoms with van der Waals surface area (Å²) in [6, 6.07) is 9.66. The van der Waals surface area contributed by atoms with E-state index in [1.807, 2.05) is 0 Å². The zero-order valence-corrected chi connectivity index (χ0v) is 14.5. The highest BCUT2D eigenvalue weighted by Gasteiger charge is 2.15. The van der Waals surface area contributed by atoms with Crippen LogP contribution in [-0.4, -0.2) is 18.2 Å². The fraction of sp³-hybridized carbons (Fsp3) is 0.235. The Morgan fingerprint density at radius 2 is 1.88 bits per heavy atom. The molecule has 1 atom stereocenters. The lowest BCUT2D eigenvalue weighted by Crippen LogP contribution is -2.15. The summed E-state index contributed by atoms with van der Waals surface area (Å²) in [5.41, 5.74) is 7.19. The van der Waals surface area contributed by atoms with E-state index in [1.165, 1.54) is 7.11 Å². The fourth-order valence-electron chi connectivity index (χ4n) is 2.16. The van der Waals surface area contributed by atoms with E-state index in [0.717, 1.165) is 0 Å². The molecule has 1 unspecified atom stereocenters. The first kappa shape index (κ1) is 18.4. The lowest BCUT2D eigenvalue weighted by atomic mass is 10.0. The lowest BCUT2D eigenvalue weighted by Gasteiger charge is -2.15. The van der Waals surface area contributed by atoms with Gasteiger partial charge in [-0.05, 0) is 29.8 Å². The number of carbonyl (C=O) groups is 1. The average Bonchev–Trinajstić information content (AvgIpc) is 2.53. The van der Waals surface area contributed by atoms with Gasteiger partial charge in [-0.3, -0.25) is 4.79 Å². The number of hydrogen-bond donors (Lipinski definition) is 2. The molecule has 0 heterocycles. The van der Waals surface area contributed by atoms with Crippen LogP contribution in [0.4, 0.5) is 0 Å². The summed E-state index contributed by atoms with van der Waals surface area (Å²) < 4.78 is 11.0. The predicted molar refractivity (Wildman–Crippen MR) is 93.0 cm³/mol. The van der Waals surface area contributed by atoms with E-state index in [1.54, 1.807) is 36.4 Å². The third-order valence-electron chi connectivity index (χ3n) is 3.44. The van der Waals surface area contributed by atoms with Crippen LogP contribution >= 0.6 is 23.2 Å². The van der Waals surface area contributed by atoms with Gasteiger partial charge in [-0.15, -0.1) is 0 Å². The summed E-state index contributed by atoms with van der Waals surface area (Å²) in [6.45, 7) is 0.176. The number of carboxylic acids is 1. The Bertz CT molecular complexity index is 716. The topological polar surface area (TPSA) is 81.8 Å². The number of ether oxygens (including phenoxy) is 2. The van der Waals surface area contributed by atoms with Crippen LogP contribution in [-0.2, 0) is 11.4 Å². The number of nitrogens with two attached hydrogens (primary N) is 1. The Balaban J connectivity index is 2.17. The SMILES string of the molecule is COc1cc(C(N)CC(=O)O)ccc1OCc1c(Cl)cccc1Cl. The van der Waals surface area contributed by atoms with Gasteiger partial charge in [0.2, 0.25) is 0 Å². The maximum atomic E-state index is 10.8. The van der Waals surface area contributed by atoms with Gasteiger partial charge in [-0.1, -0.05) is 35.3 Å². The summed E-state index contributed by atoms with van der Waals surface area (Å²) in [5.74, 6) is -0.0218. The second kappa shape index (κ2) is 8.24. The molecule has 5 nitrogen and oxygen atoms in total. The highest BCUT2D eigenvalue weighted by molar-refractivity contribution is 6.35. The molecule has 0 bridgehead atoms. The summed E-state index contributed by atoms with van der Waals surface area (Å²) in [6.07, 6.45) is -0.168. The molecule has 0 aliphatic heterocycles. The van der Waals surface area contributed by atoms with Gasteiger partial charge in [0, 0.05) is 21.7 Å². The molecule has 7 heteroatoms. The van der Waals surface area contributed by atoms with Gasteiger partial charge < -0.3 is 20.3 Å². The van der Waals surface area contributed by atoms with Gasteiger partial charge in [0.15, 0.2) is 11.5 Å². The maximum Gasteiger partial charge on any atom is 0.305 e. The molecule has 0 spiro atoms. The van der Waals surface area contributed by atoms with Crippen molar-refractivity contribution in [2.24, 2.45) is 5.73 Å². The zero-order chi connectivity index (χ0) is 17.7. The van der Waals surface area contributed by atoms with E-state index in [9.17, 15) is 4.79 Å². The Hall–Kier alpha value is -1.95. The van der Waals surface area contributed by atoms with Crippen LogP contribution in [0.25, 0.3) is 0 Å². The Labute approximate surface area is 149 Å². The molecule has 0 saturated heterocycles. The molecule has 0 amide bonds. The van der Waals surface area contributed by atoms with Crippen molar-refractivity contribution < 1.29 is 19.4 Å². The van der Waals surface area contributed by atoms with E-state index in [2.05, 4.69) is 0 Å². The summed E-state index contributed by atoms with van der Waals surface area (Å²) >= 11 is 12.2. The number of methoxy groups -OCH3 is 1. The minimum Gasteiger partial charge on any atom is -0.493 e. The van der Waals surface area contributed by atoms with Crippen molar-refractivity contribution in [1.29, 1.82) is 0 Å². The molecule has 2 rings (SSSR count). The molecule has 2 aromatic carbocycles. The molecule has 0 aromatic heterocycles. The quantitative estimate of drug-likeness (QED) is 0.768. The summed E-state index contributed by atoms with van der Waals surface area (Å²) in [4.78, 5) is 10.8. The third kappa shape index (κ3) is 4.54.